The van der Waals surface area contributed by atoms with Crippen molar-refractivity contribution in [2.24, 2.45) is 0 Å². The molecule has 3 N–H and O–H groups in total. The summed E-state index contributed by atoms with van der Waals surface area (Å²) in [5.74, 6) is -1.05. The second-order valence-electron chi connectivity index (χ2n) is 4.40. The van der Waals surface area contributed by atoms with Gasteiger partial charge in [-0.3, -0.25) is 14.5 Å². The Kier molecular flexibility index (Phi) is 3.96. The van der Waals surface area contributed by atoms with E-state index in [0.717, 1.165) is 0 Å². The molecule has 19 heavy (non-hydrogen) atoms. The van der Waals surface area contributed by atoms with Gasteiger partial charge in [0.1, 0.15) is 0 Å². The minimum atomic E-state index is -0.853. The predicted octanol–water partition coefficient (Wildman–Crippen LogP) is -0.494. The van der Waals surface area contributed by atoms with Crippen LogP contribution in [0.2, 0.25) is 0 Å². The molecule has 2 rings (SSSR count). The average molecular weight is 264 g/mol. The number of nitrogens with two attached hydrogens (primary N) is 1. The van der Waals surface area contributed by atoms with Crippen LogP contribution in [0.5, 0.6) is 0 Å². The van der Waals surface area contributed by atoms with Crippen molar-refractivity contribution in [3.63, 3.8) is 0 Å². The first-order chi connectivity index (χ1) is 9.08. The molecule has 1 saturated heterocycles. The summed E-state index contributed by atoms with van der Waals surface area (Å²) in [5, 5.41) is 8.71. The van der Waals surface area contributed by atoms with E-state index in [1.807, 2.05) is 0 Å². The van der Waals surface area contributed by atoms with Crippen LogP contribution in [0, 0.1) is 0 Å². The molecule has 102 valence electrons. The smallest absolute Gasteiger partial charge is 0.317 e. The third-order valence-electron chi connectivity index (χ3n) is 3.06. The highest BCUT2D eigenvalue weighted by Crippen LogP contribution is 2.12. The number of aliphatic carboxylic acids is 1. The number of piperazine rings is 1. The monoisotopic (exact) mass is 264 g/mol. The predicted molar refractivity (Wildman–Crippen MR) is 68.6 cm³/mol. The van der Waals surface area contributed by atoms with E-state index in [4.69, 9.17) is 10.8 Å². The van der Waals surface area contributed by atoms with E-state index < -0.39 is 5.97 Å². The fourth-order valence-corrected chi connectivity index (χ4v) is 2.05. The van der Waals surface area contributed by atoms with Crippen molar-refractivity contribution in [2.45, 2.75) is 0 Å². The Balaban J connectivity index is 1.96. The van der Waals surface area contributed by atoms with Gasteiger partial charge in [-0.05, 0) is 12.1 Å². The van der Waals surface area contributed by atoms with Crippen LogP contribution in [-0.4, -0.2) is 64.5 Å². The van der Waals surface area contributed by atoms with Crippen molar-refractivity contribution in [3.8, 4) is 0 Å². The largest absolute Gasteiger partial charge is 0.480 e. The van der Waals surface area contributed by atoms with Crippen LogP contribution in [0.15, 0.2) is 18.3 Å². The summed E-state index contributed by atoms with van der Waals surface area (Å²) >= 11 is 0. The molecule has 7 nitrogen and oxygen atoms in total. The van der Waals surface area contributed by atoms with Crippen molar-refractivity contribution in [1.29, 1.82) is 0 Å². The highest BCUT2D eigenvalue weighted by Gasteiger charge is 2.24. The number of pyridine rings is 1. The molecule has 1 aliphatic heterocycles. The second kappa shape index (κ2) is 5.66. The normalized spacial score (nSPS) is 16.3. The summed E-state index contributed by atoms with van der Waals surface area (Å²) in [6.45, 7) is 2.08. The van der Waals surface area contributed by atoms with Gasteiger partial charge in [0.05, 0.1) is 12.2 Å². The molecule has 1 amide bonds. The zero-order valence-electron chi connectivity index (χ0n) is 10.5. The molecule has 7 heteroatoms. The van der Waals surface area contributed by atoms with E-state index in [0.29, 0.717) is 31.9 Å². The van der Waals surface area contributed by atoms with Gasteiger partial charge in [-0.1, -0.05) is 0 Å². The van der Waals surface area contributed by atoms with Crippen LogP contribution >= 0.6 is 0 Å². The van der Waals surface area contributed by atoms with Crippen LogP contribution in [0.25, 0.3) is 0 Å². The van der Waals surface area contributed by atoms with E-state index in [2.05, 4.69) is 4.98 Å². The van der Waals surface area contributed by atoms with Gasteiger partial charge in [0.25, 0.3) is 5.91 Å². The molecule has 0 atom stereocenters. The molecular formula is C12H16N4O3. The molecule has 0 aromatic carbocycles. The molecular weight excluding hydrogens is 248 g/mol. The van der Waals surface area contributed by atoms with Crippen LogP contribution in [0.3, 0.4) is 0 Å². The second-order valence-corrected chi connectivity index (χ2v) is 4.40. The Bertz CT molecular complexity index is 484. The number of aromatic nitrogens is 1. The van der Waals surface area contributed by atoms with E-state index in [1.165, 1.54) is 6.20 Å². The van der Waals surface area contributed by atoms with Gasteiger partial charge in [0.2, 0.25) is 0 Å². The average Bonchev–Trinajstić information content (AvgIpc) is 2.39. The maximum Gasteiger partial charge on any atom is 0.317 e. The Hall–Kier alpha value is -2.15. The van der Waals surface area contributed by atoms with Gasteiger partial charge in [-0.25, -0.2) is 4.98 Å². The lowest BCUT2D eigenvalue weighted by Gasteiger charge is -2.33. The lowest BCUT2D eigenvalue weighted by molar-refractivity contribution is -0.138. The van der Waals surface area contributed by atoms with Gasteiger partial charge in [-0.15, -0.1) is 0 Å². The number of hydrogen-bond acceptors (Lipinski definition) is 5. The van der Waals surface area contributed by atoms with Crippen molar-refractivity contribution < 1.29 is 14.7 Å². The summed E-state index contributed by atoms with van der Waals surface area (Å²) in [6, 6.07) is 3.32. The van der Waals surface area contributed by atoms with Gasteiger partial charge >= 0.3 is 5.97 Å². The molecule has 0 bridgehead atoms. The molecule has 1 aromatic heterocycles. The Morgan fingerprint density at radius 1 is 1.32 bits per heavy atom. The minimum Gasteiger partial charge on any atom is -0.480 e. The zero-order chi connectivity index (χ0) is 13.8. The number of rotatable bonds is 3. The van der Waals surface area contributed by atoms with Crippen LogP contribution in [-0.2, 0) is 4.79 Å². The highest BCUT2D eigenvalue weighted by molar-refractivity contribution is 5.97. The number of amides is 1. The Morgan fingerprint density at radius 3 is 2.58 bits per heavy atom. The van der Waals surface area contributed by atoms with Crippen LogP contribution in [0.1, 0.15) is 10.5 Å². The van der Waals surface area contributed by atoms with Crippen LogP contribution in [0.4, 0.5) is 5.69 Å². The zero-order valence-corrected chi connectivity index (χ0v) is 10.5. The molecule has 1 aliphatic rings. The fraction of sp³-hybridized carbons (Fsp3) is 0.417. The van der Waals surface area contributed by atoms with Crippen molar-refractivity contribution >= 4 is 17.6 Å². The lowest BCUT2D eigenvalue weighted by Crippen LogP contribution is -2.50. The lowest BCUT2D eigenvalue weighted by atomic mass is 10.2. The van der Waals surface area contributed by atoms with Gasteiger partial charge in [0.15, 0.2) is 5.69 Å². The number of anilines is 1. The van der Waals surface area contributed by atoms with E-state index in [1.54, 1.807) is 21.9 Å². The van der Waals surface area contributed by atoms with E-state index in [-0.39, 0.29) is 18.1 Å². The molecule has 0 aliphatic carbocycles. The number of hydrogen-bond donors (Lipinski definition) is 2. The van der Waals surface area contributed by atoms with Gasteiger partial charge in [0, 0.05) is 32.4 Å². The Labute approximate surface area is 110 Å². The van der Waals surface area contributed by atoms with Crippen molar-refractivity contribution in [1.82, 2.24) is 14.8 Å². The summed E-state index contributed by atoms with van der Waals surface area (Å²) < 4.78 is 0. The molecule has 0 saturated carbocycles. The third-order valence-corrected chi connectivity index (χ3v) is 3.06. The maximum absolute atomic E-state index is 12.2. The molecule has 0 spiro atoms. The number of carbonyl (C=O) groups excluding carboxylic acids is 1. The summed E-state index contributed by atoms with van der Waals surface area (Å²) in [7, 11) is 0. The maximum atomic E-state index is 12.2. The molecule has 0 unspecified atom stereocenters. The van der Waals surface area contributed by atoms with Crippen molar-refractivity contribution in [3.05, 3.63) is 24.0 Å². The number of carbonyl (C=O) groups is 2. The first-order valence-corrected chi connectivity index (χ1v) is 6.02. The highest BCUT2D eigenvalue weighted by atomic mass is 16.4. The molecule has 1 fully saturated rings. The first-order valence-electron chi connectivity index (χ1n) is 6.02. The fourth-order valence-electron chi connectivity index (χ4n) is 2.05. The summed E-state index contributed by atoms with van der Waals surface area (Å²) in [5.41, 5.74) is 6.34. The Morgan fingerprint density at radius 2 is 2.00 bits per heavy atom. The SMILES string of the molecule is Nc1cccnc1C(=O)N1CCN(CC(=O)O)CC1. The number of carboxylic acids is 1. The van der Waals surface area contributed by atoms with Gasteiger partial charge in [-0.2, -0.15) is 0 Å². The van der Waals surface area contributed by atoms with Crippen LogP contribution < -0.4 is 5.73 Å². The number of nitrogens with zero attached hydrogens (tertiary/aromatic N) is 3. The molecule has 0 radical (unpaired) electrons. The third kappa shape index (κ3) is 3.19. The summed E-state index contributed by atoms with van der Waals surface area (Å²) in [6.07, 6.45) is 1.53. The van der Waals surface area contributed by atoms with E-state index >= 15 is 0 Å². The van der Waals surface area contributed by atoms with E-state index in [9.17, 15) is 9.59 Å². The molecule has 2 heterocycles. The topological polar surface area (TPSA) is 99.8 Å². The summed E-state index contributed by atoms with van der Waals surface area (Å²) in [4.78, 5) is 30.2. The van der Waals surface area contributed by atoms with Crippen molar-refractivity contribution in [2.75, 3.05) is 38.5 Å². The first kappa shape index (κ1) is 13.3. The number of nitrogen functional groups attached to an aromatic ring is 1. The molecule has 1 aromatic rings. The minimum absolute atomic E-state index is 0.00769. The quantitative estimate of drug-likeness (QED) is 0.764. The number of carboxylic acid groups (broad SMARTS) is 1. The standard InChI is InChI=1S/C12H16N4O3/c13-9-2-1-3-14-11(9)12(19)16-6-4-15(5-7-16)8-10(17)18/h1-3H,4-8,13H2,(H,17,18). The van der Waals surface area contributed by atoms with Gasteiger partial charge < -0.3 is 15.7 Å².